The molecular weight excluding hydrogens is 434 g/mol. The predicted octanol–water partition coefficient (Wildman–Crippen LogP) is 6.29. The third kappa shape index (κ3) is 4.22. The number of para-hydroxylation sites is 1. The number of piperidine rings is 1. The van der Waals surface area contributed by atoms with Crippen LogP contribution in [0.5, 0.6) is 0 Å². The fourth-order valence-electron chi connectivity index (χ4n) is 4.04. The number of aromatic nitrogens is 2. The highest BCUT2D eigenvalue weighted by molar-refractivity contribution is 7.18. The van der Waals surface area contributed by atoms with Crippen molar-refractivity contribution in [1.82, 2.24) is 14.9 Å². The summed E-state index contributed by atoms with van der Waals surface area (Å²) < 4.78 is 2.40. The summed E-state index contributed by atoms with van der Waals surface area (Å²) in [7, 11) is 0. The van der Waals surface area contributed by atoms with Gasteiger partial charge in [-0.15, -0.1) is 22.7 Å². The van der Waals surface area contributed by atoms with Gasteiger partial charge in [-0.25, -0.2) is 9.97 Å². The fraction of sp³-hybridized carbons (Fsp3) is 0.348. The van der Waals surface area contributed by atoms with E-state index in [1.54, 1.807) is 22.7 Å². The maximum Gasteiger partial charge on any atom is 0.222 e. The van der Waals surface area contributed by atoms with E-state index in [9.17, 15) is 4.79 Å². The molecule has 1 saturated heterocycles. The lowest BCUT2D eigenvalue weighted by molar-refractivity contribution is -0.132. The minimum Gasteiger partial charge on any atom is -0.343 e. The van der Waals surface area contributed by atoms with Crippen LogP contribution in [0.15, 0.2) is 42.5 Å². The van der Waals surface area contributed by atoms with Gasteiger partial charge < -0.3 is 4.90 Å². The lowest BCUT2D eigenvalue weighted by Gasteiger charge is -2.31. The first-order valence-electron chi connectivity index (χ1n) is 10.3. The molecule has 4 aromatic rings. The standard InChI is InChI=1S/C23H22ClN3OS2/c24-16-8-9-20-18(14-16)26-23(30-20)15-10-12-27(13-11-15)22(28)7-3-6-21-25-17-4-1-2-5-19(17)29-21/h1-2,4-5,8-9,14-15H,3,6-7,10-13H2. The summed E-state index contributed by atoms with van der Waals surface area (Å²) in [6, 6.07) is 14.1. The molecule has 0 bridgehead atoms. The molecule has 1 aliphatic rings. The minimum absolute atomic E-state index is 0.269. The van der Waals surface area contributed by atoms with E-state index in [1.807, 2.05) is 41.3 Å². The van der Waals surface area contributed by atoms with Crippen molar-refractivity contribution in [3.63, 3.8) is 0 Å². The van der Waals surface area contributed by atoms with Crippen LogP contribution in [0.1, 0.15) is 41.6 Å². The number of benzene rings is 2. The number of nitrogens with zero attached hydrogens (tertiary/aromatic N) is 3. The van der Waals surface area contributed by atoms with E-state index in [-0.39, 0.29) is 5.91 Å². The Kier molecular flexibility index (Phi) is 5.72. The molecule has 2 aromatic heterocycles. The number of amides is 1. The molecule has 1 fully saturated rings. The highest BCUT2D eigenvalue weighted by Gasteiger charge is 2.25. The number of hydrogen-bond donors (Lipinski definition) is 0. The SMILES string of the molecule is O=C(CCCc1nc2ccccc2s1)N1CCC(c2nc3cc(Cl)ccc3s2)CC1. The summed E-state index contributed by atoms with van der Waals surface area (Å²) >= 11 is 9.58. The molecular formula is C23H22ClN3OS2. The molecule has 1 amide bonds. The first-order chi connectivity index (χ1) is 14.7. The van der Waals surface area contributed by atoms with Gasteiger partial charge in [-0.2, -0.15) is 0 Å². The lowest BCUT2D eigenvalue weighted by atomic mass is 9.97. The number of fused-ring (bicyclic) bond motifs is 2. The van der Waals surface area contributed by atoms with Crippen molar-refractivity contribution in [3.05, 3.63) is 57.5 Å². The van der Waals surface area contributed by atoms with Crippen LogP contribution in [0.25, 0.3) is 20.4 Å². The van der Waals surface area contributed by atoms with Gasteiger partial charge in [0.05, 0.1) is 30.4 Å². The third-order valence-electron chi connectivity index (χ3n) is 5.68. The van der Waals surface area contributed by atoms with Crippen molar-refractivity contribution in [2.24, 2.45) is 0 Å². The number of rotatable bonds is 5. The fourth-order valence-corrected chi connectivity index (χ4v) is 6.34. The zero-order chi connectivity index (χ0) is 20.5. The Labute approximate surface area is 188 Å². The highest BCUT2D eigenvalue weighted by atomic mass is 35.5. The van der Waals surface area contributed by atoms with Gasteiger partial charge in [0.15, 0.2) is 0 Å². The number of aryl methyl sites for hydroxylation is 1. The Morgan fingerprint density at radius 2 is 1.83 bits per heavy atom. The van der Waals surface area contributed by atoms with E-state index in [4.69, 9.17) is 16.6 Å². The normalized spacial score (nSPS) is 15.3. The Hall–Kier alpha value is -2.02. The van der Waals surface area contributed by atoms with Crippen molar-refractivity contribution < 1.29 is 4.79 Å². The largest absolute Gasteiger partial charge is 0.343 e. The van der Waals surface area contributed by atoms with Gasteiger partial charge in [0, 0.05) is 30.5 Å². The second-order valence-electron chi connectivity index (χ2n) is 7.75. The molecule has 4 nitrogen and oxygen atoms in total. The maximum absolute atomic E-state index is 12.7. The summed E-state index contributed by atoms with van der Waals surface area (Å²) in [6.07, 6.45) is 4.29. The Morgan fingerprint density at radius 3 is 2.67 bits per heavy atom. The van der Waals surface area contributed by atoms with Crippen LogP contribution < -0.4 is 0 Å². The van der Waals surface area contributed by atoms with E-state index >= 15 is 0 Å². The first-order valence-corrected chi connectivity index (χ1v) is 12.3. The molecule has 0 radical (unpaired) electrons. The quantitative estimate of drug-likeness (QED) is 0.355. The number of hydrogen-bond acceptors (Lipinski definition) is 5. The summed E-state index contributed by atoms with van der Waals surface area (Å²) in [5.74, 6) is 0.707. The summed E-state index contributed by atoms with van der Waals surface area (Å²) in [6.45, 7) is 1.64. The van der Waals surface area contributed by atoms with Crippen LogP contribution in [0.3, 0.4) is 0 Å². The second-order valence-corrected chi connectivity index (χ2v) is 10.4. The number of carbonyl (C=O) groups excluding carboxylic acids is 1. The van der Waals surface area contributed by atoms with Gasteiger partial charge >= 0.3 is 0 Å². The predicted molar refractivity (Wildman–Crippen MR) is 126 cm³/mol. The average molecular weight is 456 g/mol. The smallest absolute Gasteiger partial charge is 0.222 e. The molecule has 0 spiro atoms. The van der Waals surface area contributed by atoms with Crippen LogP contribution in [-0.2, 0) is 11.2 Å². The number of halogens is 1. The van der Waals surface area contributed by atoms with Crippen LogP contribution in [0, 0.1) is 0 Å². The Bertz CT molecular complexity index is 1160. The average Bonchev–Trinajstić information content (AvgIpc) is 3.37. The van der Waals surface area contributed by atoms with Crippen LogP contribution in [0.2, 0.25) is 5.02 Å². The van der Waals surface area contributed by atoms with Gasteiger partial charge in [0.25, 0.3) is 0 Å². The monoisotopic (exact) mass is 455 g/mol. The van der Waals surface area contributed by atoms with Crippen molar-refractivity contribution in [3.8, 4) is 0 Å². The summed E-state index contributed by atoms with van der Waals surface area (Å²) in [5.41, 5.74) is 2.04. The van der Waals surface area contributed by atoms with Crippen molar-refractivity contribution in [2.45, 2.75) is 38.0 Å². The van der Waals surface area contributed by atoms with E-state index < -0.39 is 0 Å². The van der Waals surface area contributed by atoms with Crippen LogP contribution in [-0.4, -0.2) is 33.9 Å². The van der Waals surface area contributed by atoms with Gasteiger partial charge in [0.1, 0.15) is 0 Å². The molecule has 1 aliphatic heterocycles. The molecule has 5 rings (SSSR count). The van der Waals surface area contributed by atoms with Gasteiger partial charge in [-0.05, 0) is 56.0 Å². The molecule has 154 valence electrons. The number of thiazole rings is 2. The molecule has 0 unspecified atom stereocenters. The highest BCUT2D eigenvalue weighted by Crippen LogP contribution is 2.35. The summed E-state index contributed by atoms with van der Waals surface area (Å²) in [5, 5.41) is 3.03. The lowest BCUT2D eigenvalue weighted by Crippen LogP contribution is -2.37. The van der Waals surface area contributed by atoms with Crippen LogP contribution in [0.4, 0.5) is 0 Å². The summed E-state index contributed by atoms with van der Waals surface area (Å²) in [4.78, 5) is 24.2. The topological polar surface area (TPSA) is 46.1 Å². The van der Waals surface area contributed by atoms with E-state index in [0.717, 1.165) is 59.8 Å². The molecule has 0 saturated carbocycles. The van der Waals surface area contributed by atoms with Gasteiger partial charge in [-0.1, -0.05) is 23.7 Å². The zero-order valence-electron chi connectivity index (χ0n) is 16.5. The molecule has 3 heterocycles. The Morgan fingerprint density at radius 1 is 1.03 bits per heavy atom. The van der Waals surface area contributed by atoms with Crippen molar-refractivity contribution in [1.29, 1.82) is 0 Å². The molecule has 2 aromatic carbocycles. The molecule has 0 aliphatic carbocycles. The van der Waals surface area contributed by atoms with E-state index in [0.29, 0.717) is 12.3 Å². The van der Waals surface area contributed by atoms with Crippen molar-refractivity contribution >= 4 is 60.6 Å². The molecule has 30 heavy (non-hydrogen) atoms. The Balaban J connectivity index is 1.12. The minimum atomic E-state index is 0.269. The number of likely N-dealkylation sites (tertiary alicyclic amines) is 1. The zero-order valence-corrected chi connectivity index (χ0v) is 18.9. The second kappa shape index (κ2) is 8.61. The van der Waals surface area contributed by atoms with Crippen LogP contribution >= 0.6 is 34.3 Å². The number of carbonyl (C=O) groups is 1. The molecule has 0 N–H and O–H groups in total. The molecule has 7 heteroatoms. The molecule has 0 atom stereocenters. The maximum atomic E-state index is 12.7. The van der Waals surface area contributed by atoms with Gasteiger partial charge in [-0.3, -0.25) is 4.79 Å². The van der Waals surface area contributed by atoms with Crippen molar-refractivity contribution in [2.75, 3.05) is 13.1 Å². The van der Waals surface area contributed by atoms with E-state index in [2.05, 4.69) is 11.1 Å². The van der Waals surface area contributed by atoms with Gasteiger partial charge in [0.2, 0.25) is 5.91 Å². The third-order valence-corrected chi connectivity index (χ3v) is 8.21. The first kappa shape index (κ1) is 19.9. The van der Waals surface area contributed by atoms with E-state index in [1.165, 1.54) is 14.4 Å².